The third-order valence-electron chi connectivity index (χ3n) is 5.16. The van der Waals surface area contributed by atoms with Gasteiger partial charge in [0.05, 0.1) is 18.4 Å². The number of unbranched alkanes of at least 4 members (excludes halogenated alkanes) is 2. The highest BCUT2D eigenvalue weighted by Crippen LogP contribution is 2.33. The largest absolute Gasteiger partial charge is 0.694 e. The van der Waals surface area contributed by atoms with E-state index in [2.05, 4.69) is 34.1 Å². The van der Waals surface area contributed by atoms with Crippen molar-refractivity contribution in [2.45, 2.75) is 38.6 Å². The molecule has 0 fully saturated rings. The van der Waals surface area contributed by atoms with Gasteiger partial charge in [0.25, 0.3) is 0 Å². The summed E-state index contributed by atoms with van der Waals surface area (Å²) in [7, 11) is -2.58. The number of ether oxygens (including phenoxy) is 1. The van der Waals surface area contributed by atoms with E-state index in [1.165, 1.54) is 11.6 Å². The molecule has 33 heavy (non-hydrogen) atoms. The molecular weight excluding hydrogens is 444 g/mol. The van der Waals surface area contributed by atoms with Crippen molar-refractivity contribution >= 4 is 8.25 Å². The van der Waals surface area contributed by atoms with Crippen LogP contribution in [0.5, 0.6) is 5.75 Å². The highest BCUT2D eigenvalue weighted by Gasteiger charge is 2.15. The molecule has 0 amide bonds. The first-order chi connectivity index (χ1) is 16.1. The summed E-state index contributed by atoms with van der Waals surface area (Å²) in [6.07, 6.45) is 6.16. The van der Waals surface area contributed by atoms with Crippen LogP contribution in [-0.2, 0) is 22.1 Å². The number of hydrogen-bond acceptors (Lipinski definition) is 5. The predicted octanol–water partition coefficient (Wildman–Crippen LogP) is 6.02. The van der Waals surface area contributed by atoms with Crippen LogP contribution in [0.2, 0.25) is 0 Å². The molecule has 0 saturated heterocycles. The number of aryl methyl sites for hydroxylation is 1. The zero-order chi connectivity index (χ0) is 23.3. The van der Waals surface area contributed by atoms with Gasteiger partial charge in [-0.15, -0.1) is 9.42 Å². The quantitative estimate of drug-likeness (QED) is 0.207. The summed E-state index contributed by atoms with van der Waals surface area (Å²) in [6, 6.07) is 17.2. The maximum absolute atomic E-state index is 14.7. The fourth-order valence-corrected chi connectivity index (χ4v) is 3.76. The second kappa shape index (κ2) is 13.9. The standard InChI is InChI=1S/C25H29FNO5P/c26-23-18-25(31-14-6-2-5-11-20-9-3-1-4-10-20)22(24-12-7-15-30-24)17-21(23)19-27-13-8-16-32-33(28)29/h1,3-4,7,9-10,12,15,17-18,27H,2,5-6,8,11,13-14,16,19H2/p+1. The molecule has 176 valence electrons. The lowest BCUT2D eigenvalue weighted by molar-refractivity contribution is 0.276. The SMILES string of the molecule is O=[P+](O)OCCCNCc1cc(-c2ccco2)c(OCCCCCc2ccccc2)cc1F. The Balaban J connectivity index is 1.51. The van der Waals surface area contributed by atoms with Crippen LogP contribution in [-0.4, -0.2) is 24.7 Å². The van der Waals surface area contributed by atoms with Gasteiger partial charge in [-0.3, -0.25) is 0 Å². The van der Waals surface area contributed by atoms with Crippen LogP contribution < -0.4 is 10.1 Å². The van der Waals surface area contributed by atoms with Crippen molar-refractivity contribution in [2.75, 3.05) is 19.8 Å². The number of nitrogens with one attached hydrogen (secondary N) is 1. The van der Waals surface area contributed by atoms with Crippen molar-refractivity contribution in [2.24, 2.45) is 0 Å². The lowest BCUT2D eigenvalue weighted by Gasteiger charge is -2.14. The third-order valence-corrected chi connectivity index (χ3v) is 5.56. The first-order valence-corrected chi connectivity index (χ1v) is 12.3. The van der Waals surface area contributed by atoms with E-state index in [1.807, 2.05) is 12.1 Å². The molecule has 0 radical (unpaired) electrons. The summed E-state index contributed by atoms with van der Waals surface area (Å²) in [4.78, 5) is 8.62. The number of halogens is 1. The molecule has 0 spiro atoms. The van der Waals surface area contributed by atoms with E-state index in [9.17, 15) is 8.96 Å². The van der Waals surface area contributed by atoms with E-state index >= 15 is 0 Å². The van der Waals surface area contributed by atoms with Gasteiger partial charge in [0.15, 0.2) is 0 Å². The summed E-state index contributed by atoms with van der Waals surface area (Å²) >= 11 is 0. The van der Waals surface area contributed by atoms with Gasteiger partial charge in [-0.2, -0.15) is 0 Å². The van der Waals surface area contributed by atoms with Crippen LogP contribution in [0.25, 0.3) is 11.3 Å². The van der Waals surface area contributed by atoms with E-state index < -0.39 is 8.25 Å². The Morgan fingerprint density at radius 2 is 1.85 bits per heavy atom. The number of hydrogen-bond donors (Lipinski definition) is 2. The van der Waals surface area contributed by atoms with Gasteiger partial charge in [-0.05, 0) is 62.4 Å². The number of benzene rings is 2. The maximum Gasteiger partial charge on any atom is 0.694 e. The van der Waals surface area contributed by atoms with Crippen molar-refractivity contribution in [1.29, 1.82) is 0 Å². The van der Waals surface area contributed by atoms with Gasteiger partial charge in [0.1, 0.15) is 23.9 Å². The minimum atomic E-state index is -2.58. The molecule has 0 aliphatic carbocycles. The minimum Gasteiger partial charge on any atom is -0.493 e. The molecule has 0 saturated carbocycles. The van der Waals surface area contributed by atoms with Gasteiger partial charge in [0.2, 0.25) is 0 Å². The summed E-state index contributed by atoms with van der Waals surface area (Å²) in [5, 5.41) is 3.12. The molecule has 1 aromatic heterocycles. The van der Waals surface area contributed by atoms with Gasteiger partial charge >= 0.3 is 8.25 Å². The molecule has 3 rings (SSSR count). The monoisotopic (exact) mass is 474 g/mol. The van der Waals surface area contributed by atoms with Crippen LogP contribution >= 0.6 is 8.25 Å². The molecule has 3 aromatic rings. The number of furan rings is 1. The fourth-order valence-electron chi connectivity index (χ4n) is 3.48. The zero-order valence-corrected chi connectivity index (χ0v) is 19.4. The second-order valence-electron chi connectivity index (χ2n) is 7.66. The van der Waals surface area contributed by atoms with Gasteiger partial charge < -0.3 is 14.5 Å². The summed E-state index contributed by atoms with van der Waals surface area (Å²) in [5.41, 5.74) is 2.54. The highest BCUT2D eigenvalue weighted by atomic mass is 31.1. The van der Waals surface area contributed by atoms with Gasteiger partial charge in [0, 0.05) is 22.7 Å². The Hall–Kier alpha value is -2.57. The lowest BCUT2D eigenvalue weighted by atomic mass is 10.1. The Morgan fingerprint density at radius 3 is 2.61 bits per heavy atom. The van der Waals surface area contributed by atoms with Crippen molar-refractivity contribution in [3.05, 3.63) is 77.8 Å². The Bertz CT molecular complexity index is 982. The molecule has 1 atom stereocenters. The molecule has 0 bridgehead atoms. The lowest BCUT2D eigenvalue weighted by Crippen LogP contribution is -2.17. The molecule has 0 aliphatic rings. The summed E-state index contributed by atoms with van der Waals surface area (Å²) < 4.78 is 41.3. The smallest absolute Gasteiger partial charge is 0.493 e. The van der Waals surface area contributed by atoms with Gasteiger partial charge in [-0.1, -0.05) is 30.3 Å². The van der Waals surface area contributed by atoms with E-state index in [4.69, 9.17) is 14.0 Å². The van der Waals surface area contributed by atoms with E-state index in [-0.39, 0.29) is 12.4 Å². The number of rotatable bonds is 15. The van der Waals surface area contributed by atoms with Gasteiger partial charge in [-0.25, -0.2) is 4.39 Å². The Morgan fingerprint density at radius 1 is 1.00 bits per heavy atom. The van der Waals surface area contributed by atoms with Crippen molar-refractivity contribution < 1.29 is 27.5 Å². The average molecular weight is 474 g/mol. The molecule has 1 heterocycles. The predicted molar refractivity (Wildman–Crippen MR) is 126 cm³/mol. The average Bonchev–Trinajstić information content (AvgIpc) is 3.34. The Labute approximate surface area is 194 Å². The van der Waals surface area contributed by atoms with Crippen molar-refractivity contribution in [3.8, 4) is 17.1 Å². The van der Waals surface area contributed by atoms with Crippen LogP contribution in [0.4, 0.5) is 4.39 Å². The summed E-state index contributed by atoms with van der Waals surface area (Å²) in [6.45, 7) is 1.51. The maximum atomic E-state index is 14.7. The minimum absolute atomic E-state index is 0.164. The van der Waals surface area contributed by atoms with E-state index in [0.29, 0.717) is 48.8 Å². The second-order valence-corrected chi connectivity index (χ2v) is 8.40. The third kappa shape index (κ3) is 8.71. The molecule has 2 N–H and O–H groups in total. The molecule has 8 heteroatoms. The van der Waals surface area contributed by atoms with Crippen LogP contribution in [0.15, 0.2) is 65.3 Å². The van der Waals surface area contributed by atoms with E-state index in [0.717, 1.165) is 25.7 Å². The Kier molecular flexibility index (Phi) is 10.5. The molecule has 6 nitrogen and oxygen atoms in total. The summed E-state index contributed by atoms with van der Waals surface area (Å²) in [5.74, 6) is 0.733. The van der Waals surface area contributed by atoms with Crippen molar-refractivity contribution in [1.82, 2.24) is 5.32 Å². The first kappa shape index (κ1) is 25.1. The van der Waals surface area contributed by atoms with Crippen LogP contribution in [0.1, 0.15) is 36.8 Å². The fraction of sp³-hybridized carbons (Fsp3) is 0.360. The first-order valence-electron chi connectivity index (χ1n) is 11.2. The normalized spacial score (nSPS) is 11.5. The molecule has 0 aliphatic heterocycles. The topological polar surface area (TPSA) is 80.9 Å². The van der Waals surface area contributed by atoms with Crippen LogP contribution in [0.3, 0.4) is 0 Å². The molecule has 2 aromatic carbocycles. The molecule has 1 unspecified atom stereocenters. The van der Waals surface area contributed by atoms with E-state index in [1.54, 1.807) is 18.4 Å². The van der Waals surface area contributed by atoms with Crippen molar-refractivity contribution in [3.63, 3.8) is 0 Å². The molecular formula is C25H30FNO5P+. The highest BCUT2D eigenvalue weighted by molar-refractivity contribution is 7.32. The van der Waals surface area contributed by atoms with Crippen LogP contribution in [0, 0.1) is 5.82 Å². The zero-order valence-electron chi connectivity index (χ0n) is 18.5.